The second-order valence-corrected chi connectivity index (χ2v) is 9.41. The Morgan fingerprint density at radius 3 is 2.71 bits per heavy atom. The monoisotopic (exact) mass is 489 g/mol. The number of benzene rings is 1. The first-order valence-electron chi connectivity index (χ1n) is 11.4. The molecule has 1 aliphatic rings. The second kappa shape index (κ2) is 10.8. The van der Waals surface area contributed by atoms with Crippen LogP contribution in [0.1, 0.15) is 50.5 Å². The fraction of sp³-hybridized carbons (Fsp3) is 0.308. The van der Waals surface area contributed by atoms with E-state index in [0.717, 1.165) is 49.1 Å². The number of anilines is 2. The van der Waals surface area contributed by atoms with Crippen LogP contribution >= 0.6 is 11.8 Å². The molecule has 180 valence electrons. The summed E-state index contributed by atoms with van der Waals surface area (Å²) in [5.74, 6) is -0.413. The number of hydrogen-bond acceptors (Lipinski definition) is 7. The van der Waals surface area contributed by atoms with Crippen LogP contribution in [0.2, 0.25) is 0 Å². The first kappa shape index (κ1) is 24.5. The predicted octanol–water partition coefficient (Wildman–Crippen LogP) is 4.36. The number of nitrogens with zero attached hydrogens (tertiary/aromatic N) is 3. The van der Waals surface area contributed by atoms with Crippen LogP contribution in [-0.4, -0.2) is 39.7 Å². The van der Waals surface area contributed by atoms with E-state index in [2.05, 4.69) is 20.9 Å². The van der Waals surface area contributed by atoms with Crippen molar-refractivity contribution in [2.45, 2.75) is 44.4 Å². The zero-order chi connectivity index (χ0) is 24.9. The number of nitriles is 1. The summed E-state index contributed by atoms with van der Waals surface area (Å²) in [6.45, 7) is 5.45. The number of nitrogen functional groups attached to an aromatic ring is 1. The number of carbonyl (C=O) groups excluding carboxylic acids is 2. The van der Waals surface area contributed by atoms with Gasteiger partial charge < -0.3 is 20.4 Å². The first-order chi connectivity index (χ1) is 16.9. The first-order valence-corrected chi connectivity index (χ1v) is 12.4. The van der Waals surface area contributed by atoms with E-state index in [0.29, 0.717) is 16.3 Å². The fourth-order valence-corrected chi connectivity index (χ4v) is 5.02. The molecular formula is C26H27N5O3S. The topological polar surface area (TPSA) is 123 Å². The summed E-state index contributed by atoms with van der Waals surface area (Å²) in [5.41, 5.74) is 9.53. The minimum absolute atomic E-state index is 0.00196. The minimum atomic E-state index is -0.455. The van der Waals surface area contributed by atoms with Crippen LogP contribution in [0.4, 0.5) is 11.5 Å². The molecule has 1 saturated heterocycles. The van der Waals surface area contributed by atoms with Gasteiger partial charge in [0.05, 0.1) is 23.0 Å². The molecule has 3 aromatic rings. The molecule has 1 atom stereocenters. The van der Waals surface area contributed by atoms with Gasteiger partial charge in [-0.2, -0.15) is 5.26 Å². The van der Waals surface area contributed by atoms with Crippen LogP contribution in [0.25, 0.3) is 0 Å². The van der Waals surface area contributed by atoms with Crippen molar-refractivity contribution in [2.75, 3.05) is 23.4 Å². The number of aromatic nitrogens is 2. The smallest absolute Gasteiger partial charge is 0.259 e. The maximum Gasteiger partial charge on any atom is 0.259 e. The van der Waals surface area contributed by atoms with Gasteiger partial charge in [0.25, 0.3) is 5.91 Å². The highest BCUT2D eigenvalue weighted by Gasteiger charge is 2.22. The Bertz CT molecular complexity index is 1290. The van der Waals surface area contributed by atoms with Crippen molar-refractivity contribution < 1.29 is 14.3 Å². The molecule has 0 spiro atoms. The molecule has 2 aromatic heterocycles. The van der Waals surface area contributed by atoms with Crippen molar-refractivity contribution in [3.8, 4) is 6.07 Å². The van der Waals surface area contributed by atoms with Crippen molar-refractivity contribution in [1.82, 2.24) is 9.55 Å². The molecule has 0 aliphatic carbocycles. The Morgan fingerprint density at radius 1 is 1.26 bits per heavy atom. The molecule has 1 amide bonds. The van der Waals surface area contributed by atoms with Crippen molar-refractivity contribution in [2.24, 2.45) is 0 Å². The maximum absolute atomic E-state index is 13.0. The Balaban J connectivity index is 1.47. The number of amides is 1. The number of ketones is 1. The number of hydrogen-bond donors (Lipinski definition) is 2. The quantitative estimate of drug-likeness (QED) is 0.356. The standard InChI is InChI=1S/C26H27N5O3S/c1-16-11-21(17(2)31(16)14-20-9-6-10-34-20)23(32)15-35-26-18(13-27)12-22(24(28)30-26)25(33)29-19-7-4-3-5-8-19/h3-5,7-8,11-12,20H,6,9-10,14-15H2,1-2H3,(H2,28,30)(H,29,33)/t20-/m1/s1. The zero-order valence-corrected chi connectivity index (χ0v) is 20.5. The fourth-order valence-electron chi connectivity index (χ4n) is 4.17. The molecule has 1 aliphatic heterocycles. The van der Waals surface area contributed by atoms with Crippen LogP contribution < -0.4 is 11.1 Å². The Kier molecular flexibility index (Phi) is 7.54. The number of ether oxygens (including phenoxy) is 1. The van der Waals surface area contributed by atoms with Gasteiger partial charge in [-0.15, -0.1) is 0 Å². The number of pyridine rings is 1. The van der Waals surface area contributed by atoms with E-state index < -0.39 is 5.91 Å². The Morgan fingerprint density at radius 2 is 2.03 bits per heavy atom. The van der Waals surface area contributed by atoms with Crippen LogP contribution in [0.3, 0.4) is 0 Å². The third-order valence-electron chi connectivity index (χ3n) is 6.04. The van der Waals surface area contributed by atoms with Gasteiger partial charge in [0, 0.05) is 35.8 Å². The van der Waals surface area contributed by atoms with E-state index in [-0.39, 0.29) is 34.6 Å². The molecule has 0 radical (unpaired) electrons. The number of rotatable bonds is 8. The molecule has 0 bridgehead atoms. The summed E-state index contributed by atoms with van der Waals surface area (Å²) >= 11 is 1.14. The van der Waals surface area contributed by atoms with Crippen LogP contribution in [0.5, 0.6) is 0 Å². The van der Waals surface area contributed by atoms with Gasteiger partial charge in [0.1, 0.15) is 16.9 Å². The van der Waals surface area contributed by atoms with Gasteiger partial charge in [-0.1, -0.05) is 30.0 Å². The summed E-state index contributed by atoms with van der Waals surface area (Å²) in [5, 5.41) is 12.7. The van der Waals surface area contributed by atoms with Gasteiger partial charge >= 0.3 is 0 Å². The molecule has 3 N–H and O–H groups in total. The Hall–Kier alpha value is -3.61. The number of thioether (sulfide) groups is 1. The number of nitrogens with one attached hydrogen (secondary N) is 1. The van der Waals surface area contributed by atoms with Gasteiger partial charge in [-0.3, -0.25) is 9.59 Å². The van der Waals surface area contributed by atoms with Crippen molar-refractivity contribution in [3.63, 3.8) is 0 Å². The van der Waals surface area contributed by atoms with Gasteiger partial charge in [-0.05, 0) is 51.0 Å². The van der Waals surface area contributed by atoms with Crippen molar-refractivity contribution >= 4 is 35.0 Å². The van der Waals surface area contributed by atoms with Crippen LogP contribution in [-0.2, 0) is 11.3 Å². The van der Waals surface area contributed by atoms with E-state index in [1.807, 2.05) is 26.0 Å². The molecule has 1 aromatic carbocycles. The highest BCUT2D eigenvalue weighted by molar-refractivity contribution is 8.00. The van der Waals surface area contributed by atoms with Crippen molar-refractivity contribution in [1.29, 1.82) is 5.26 Å². The highest BCUT2D eigenvalue weighted by Crippen LogP contribution is 2.27. The minimum Gasteiger partial charge on any atom is -0.383 e. The van der Waals surface area contributed by atoms with E-state index >= 15 is 0 Å². The number of aryl methyl sites for hydroxylation is 1. The number of Topliss-reactive ketones (excluding diaryl/α,β-unsaturated/α-hetero) is 1. The molecule has 35 heavy (non-hydrogen) atoms. The van der Waals surface area contributed by atoms with Gasteiger partial charge in [0.15, 0.2) is 5.78 Å². The van der Waals surface area contributed by atoms with Crippen LogP contribution in [0, 0.1) is 25.2 Å². The average molecular weight is 490 g/mol. The van der Waals surface area contributed by atoms with E-state index in [4.69, 9.17) is 10.5 Å². The second-order valence-electron chi connectivity index (χ2n) is 8.45. The predicted molar refractivity (Wildman–Crippen MR) is 136 cm³/mol. The van der Waals surface area contributed by atoms with Crippen molar-refractivity contribution in [3.05, 3.63) is 70.5 Å². The summed E-state index contributed by atoms with van der Waals surface area (Å²) < 4.78 is 7.88. The summed E-state index contributed by atoms with van der Waals surface area (Å²) in [7, 11) is 0. The van der Waals surface area contributed by atoms with E-state index in [1.54, 1.807) is 24.3 Å². The number of nitrogens with two attached hydrogens (primary N) is 1. The average Bonchev–Trinajstić information content (AvgIpc) is 3.47. The van der Waals surface area contributed by atoms with Gasteiger partial charge in [-0.25, -0.2) is 4.98 Å². The molecule has 1 fully saturated rings. The molecule has 4 rings (SSSR count). The van der Waals surface area contributed by atoms with Crippen LogP contribution in [0.15, 0.2) is 47.5 Å². The summed E-state index contributed by atoms with van der Waals surface area (Å²) in [4.78, 5) is 30.0. The molecule has 8 nitrogen and oxygen atoms in total. The third kappa shape index (κ3) is 5.56. The summed E-state index contributed by atoms with van der Waals surface area (Å²) in [6.07, 6.45) is 2.27. The van der Waals surface area contributed by atoms with E-state index in [9.17, 15) is 14.9 Å². The third-order valence-corrected chi connectivity index (χ3v) is 7.03. The lowest BCUT2D eigenvalue weighted by Gasteiger charge is -2.14. The zero-order valence-electron chi connectivity index (χ0n) is 19.7. The summed E-state index contributed by atoms with van der Waals surface area (Å²) in [6, 6.07) is 14.3. The molecule has 3 heterocycles. The molecule has 0 saturated carbocycles. The highest BCUT2D eigenvalue weighted by atomic mass is 32.2. The lowest BCUT2D eigenvalue weighted by molar-refractivity contribution is 0.0957. The lowest BCUT2D eigenvalue weighted by Crippen LogP contribution is -2.17. The SMILES string of the molecule is Cc1cc(C(=O)CSc2nc(N)c(C(=O)Nc3ccccc3)cc2C#N)c(C)n1C[C@H]1CCCO1. The molecular weight excluding hydrogens is 462 g/mol. The Labute approximate surface area is 208 Å². The van der Waals surface area contributed by atoms with E-state index in [1.165, 1.54) is 6.07 Å². The number of para-hydroxylation sites is 1. The molecule has 9 heteroatoms. The number of carbonyl (C=O) groups is 2. The molecule has 0 unspecified atom stereocenters. The lowest BCUT2D eigenvalue weighted by atomic mass is 10.1. The normalized spacial score (nSPS) is 15.1. The van der Waals surface area contributed by atoms with Gasteiger partial charge in [0.2, 0.25) is 0 Å². The largest absolute Gasteiger partial charge is 0.383 e. The maximum atomic E-state index is 13.0.